The van der Waals surface area contributed by atoms with Crippen molar-refractivity contribution < 1.29 is 5.11 Å². The molecule has 0 aromatic heterocycles. The molecular formula is C9H9N2O+. The maximum atomic E-state index is 9.41. The van der Waals surface area contributed by atoms with Crippen LogP contribution in [0.15, 0.2) is 36.0 Å². The van der Waals surface area contributed by atoms with E-state index in [4.69, 9.17) is 5.39 Å². The zero-order chi connectivity index (χ0) is 8.97. The summed E-state index contributed by atoms with van der Waals surface area (Å²) < 4.78 is 0. The summed E-state index contributed by atoms with van der Waals surface area (Å²) in [5, 5.41) is 17.8. The first kappa shape index (κ1) is 8.28. The van der Waals surface area contributed by atoms with Gasteiger partial charge in [0.05, 0.1) is 0 Å². The van der Waals surface area contributed by atoms with Crippen LogP contribution in [0.4, 0.5) is 0 Å². The van der Waals surface area contributed by atoms with Crippen molar-refractivity contribution in [2.45, 2.75) is 6.92 Å². The number of diazo groups is 1. The maximum Gasteiger partial charge on any atom is 0.400 e. The first-order valence-corrected chi connectivity index (χ1v) is 3.56. The molecule has 0 heterocycles. The van der Waals surface area contributed by atoms with E-state index in [-0.39, 0.29) is 11.5 Å². The van der Waals surface area contributed by atoms with Crippen molar-refractivity contribution in [2.75, 3.05) is 0 Å². The summed E-state index contributed by atoms with van der Waals surface area (Å²) in [5.74, 6) is -0.00176. The van der Waals surface area contributed by atoms with Crippen LogP contribution in [0.3, 0.4) is 0 Å². The summed E-state index contributed by atoms with van der Waals surface area (Å²) in [6.07, 6.45) is 0. The smallest absolute Gasteiger partial charge is 0.400 e. The van der Waals surface area contributed by atoms with Gasteiger partial charge in [-0.15, -0.1) is 0 Å². The van der Waals surface area contributed by atoms with Gasteiger partial charge in [0.1, 0.15) is 0 Å². The Balaban J connectivity index is 3.11. The van der Waals surface area contributed by atoms with E-state index < -0.39 is 0 Å². The van der Waals surface area contributed by atoms with Crippen LogP contribution in [0, 0.1) is 5.39 Å². The SMILES string of the molecule is C/C([N+]#N)=C(/O)c1ccccc1. The van der Waals surface area contributed by atoms with Crippen LogP contribution in [0.5, 0.6) is 0 Å². The molecule has 12 heavy (non-hydrogen) atoms. The van der Waals surface area contributed by atoms with E-state index in [1.165, 1.54) is 6.92 Å². The Morgan fingerprint density at radius 1 is 1.33 bits per heavy atom. The van der Waals surface area contributed by atoms with Crippen molar-refractivity contribution in [2.24, 2.45) is 0 Å². The second kappa shape index (κ2) is 3.54. The average molecular weight is 161 g/mol. The van der Waals surface area contributed by atoms with E-state index in [0.29, 0.717) is 5.56 Å². The van der Waals surface area contributed by atoms with E-state index >= 15 is 0 Å². The Morgan fingerprint density at radius 2 is 1.92 bits per heavy atom. The highest BCUT2D eigenvalue weighted by atomic mass is 16.3. The number of hydrogen-bond donors (Lipinski definition) is 1. The number of rotatable bonds is 1. The highest BCUT2D eigenvalue weighted by Gasteiger charge is 2.12. The van der Waals surface area contributed by atoms with Gasteiger partial charge in [0.25, 0.3) is 0 Å². The van der Waals surface area contributed by atoms with Crippen LogP contribution in [0.1, 0.15) is 12.5 Å². The molecule has 0 atom stereocenters. The zero-order valence-electron chi connectivity index (χ0n) is 6.73. The van der Waals surface area contributed by atoms with Crippen molar-refractivity contribution in [3.8, 4) is 0 Å². The number of aliphatic hydroxyl groups is 1. The quantitative estimate of drug-likeness (QED) is 0.508. The minimum Gasteiger partial charge on any atom is -0.501 e. The molecule has 0 aliphatic rings. The summed E-state index contributed by atoms with van der Waals surface area (Å²) in [6.45, 7) is 1.53. The molecule has 0 aliphatic heterocycles. The summed E-state index contributed by atoms with van der Waals surface area (Å²) in [5.41, 5.74) is 0.856. The first-order chi connectivity index (χ1) is 5.75. The van der Waals surface area contributed by atoms with Crippen LogP contribution in [-0.2, 0) is 0 Å². The largest absolute Gasteiger partial charge is 0.501 e. The molecule has 0 bridgehead atoms. The second-order valence-corrected chi connectivity index (χ2v) is 2.40. The van der Waals surface area contributed by atoms with Gasteiger partial charge in [-0.25, -0.2) is 0 Å². The molecule has 3 heteroatoms. The van der Waals surface area contributed by atoms with Gasteiger partial charge in [0.15, 0.2) is 4.98 Å². The second-order valence-electron chi connectivity index (χ2n) is 2.40. The maximum absolute atomic E-state index is 9.41. The van der Waals surface area contributed by atoms with Gasteiger partial charge in [0.2, 0.25) is 11.2 Å². The Kier molecular flexibility index (Phi) is 2.44. The van der Waals surface area contributed by atoms with Gasteiger partial charge in [-0.2, -0.15) is 0 Å². The van der Waals surface area contributed by atoms with Crippen molar-refractivity contribution in [3.05, 3.63) is 46.6 Å². The van der Waals surface area contributed by atoms with Gasteiger partial charge in [-0.3, -0.25) is 0 Å². The van der Waals surface area contributed by atoms with Crippen molar-refractivity contribution in [1.82, 2.24) is 0 Å². The summed E-state index contributed by atoms with van der Waals surface area (Å²) >= 11 is 0. The highest BCUT2D eigenvalue weighted by Crippen LogP contribution is 2.15. The Morgan fingerprint density at radius 3 is 2.42 bits per heavy atom. The third kappa shape index (κ3) is 1.61. The van der Waals surface area contributed by atoms with E-state index in [0.717, 1.165) is 0 Å². The molecule has 0 amide bonds. The monoisotopic (exact) mass is 161 g/mol. The van der Waals surface area contributed by atoms with Crippen LogP contribution in [0.25, 0.3) is 10.7 Å². The van der Waals surface area contributed by atoms with Crippen LogP contribution in [0.2, 0.25) is 0 Å². The van der Waals surface area contributed by atoms with Gasteiger partial charge < -0.3 is 5.11 Å². The van der Waals surface area contributed by atoms with Crippen LogP contribution >= 0.6 is 0 Å². The summed E-state index contributed by atoms with van der Waals surface area (Å²) in [7, 11) is 0. The number of allylic oxidation sites excluding steroid dienone is 1. The lowest BCUT2D eigenvalue weighted by Crippen LogP contribution is -1.83. The molecule has 3 nitrogen and oxygen atoms in total. The number of benzene rings is 1. The third-order valence-electron chi connectivity index (χ3n) is 1.54. The molecule has 0 saturated heterocycles. The van der Waals surface area contributed by atoms with E-state index in [1.807, 2.05) is 6.07 Å². The highest BCUT2D eigenvalue weighted by molar-refractivity contribution is 5.62. The zero-order valence-corrected chi connectivity index (χ0v) is 6.73. The molecule has 0 saturated carbocycles. The molecule has 0 unspecified atom stereocenters. The molecule has 0 fully saturated rings. The lowest BCUT2D eigenvalue weighted by Gasteiger charge is -1.93. The lowest BCUT2D eigenvalue weighted by molar-refractivity contribution is 0.507. The average Bonchev–Trinajstić information content (AvgIpc) is 2.17. The fraction of sp³-hybridized carbons (Fsp3) is 0.111. The first-order valence-electron chi connectivity index (χ1n) is 3.56. The molecule has 0 radical (unpaired) electrons. The predicted octanol–water partition coefficient (Wildman–Crippen LogP) is 2.79. The molecular weight excluding hydrogens is 152 g/mol. The fourth-order valence-electron chi connectivity index (χ4n) is 0.852. The summed E-state index contributed by atoms with van der Waals surface area (Å²) in [6, 6.07) is 8.93. The third-order valence-corrected chi connectivity index (χ3v) is 1.54. The topological polar surface area (TPSA) is 48.4 Å². The molecule has 0 aliphatic carbocycles. The van der Waals surface area contributed by atoms with E-state index in [9.17, 15) is 5.11 Å². The van der Waals surface area contributed by atoms with E-state index in [1.54, 1.807) is 24.3 Å². The molecule has 1 N–H and O–H groups in total. The lowest BCUT2D eigenvalue weighted by atomic mass is 10.2. The normalized spacial score (nSPS) is 11.7. The Hall–Kier alpha value is -1.82. The summed E-state index contributed by atoms with van der Waals surface area (Å²) in [4.78, 5) is 2.89. The fourth-order valence-corrected chi connectivity index (χ4v) is 0.852. The van der Waals surface area contributed by atoms with Crippen LogP contribution < -0.4 is 0 Å². The molecule has 1 aromatic rings. The number of hydrogen-bond acceptors (Lipinski definition) is 2. The Labute approximate surface area is 70.6 Å². The van der Waals surface area contributed by atoms with Gasteiger partial charge in [0, 0.05) is 12.5 Å². The number of nitrogens with zero attached hydrogens (tertiary/aromatic N) is 2. The van der Waals surface area contributed by atoms with Gasteiger partial charge in [-0.1, -0.05) is 30.3 Å². The Bertz CT molecular complexity index is 335. The minimum absolute atomic E-state index is 0.00176. The van der Waals surface area contributed by atoms with Gasteiger partial charge in [-0.05, 0) is 0 Å². The molecule has 60 valence electrons. The molecule has 1 rings (SSSR count). The molecule has 0 spiro atoms. The van der Waals surface area contributed by atoms with Crippen molar-refractivity contribution in [1.29, 1.82) is 5.39 Å². The van der Waals surface area contributed by atoms with Crippen molar-refractivity contribution in [3.63, 3.8) is 0 Å². The van der Waals surface area contributed by atoms with E-state index in [2.05, 4.69) is 4.98 Å². The minimum atomic E-state index is -0.00176. The molecule has 1 aromatic carbocycles. The standard InChI is InChI=1S/C9H8N2O/c1-7(11-10)9(12)8-5-3-2-4-6-8/h2-6H,1H3/p+1/b9-7-. The predicted molar refractivity (Wildman–Crippen MR) is 46.7 cm³/mol. The van der Waals surface area contributed by atoms with Crippen LogP contribution in [-0.4, -0.2) is 5.11 Å². The van der Waals surface area contributed by atoms with Gasteiger partial charge >= 0.3 is 5.70 Å². The number of aliphatic hydroxyl groups excluding tert-OH is 1. The van der Waals surface area contributed by atoms with Crippen molar-refractivity contribution >= 4 is 5.76 Å².